The number of carbonyl (C=O) groups excluding carboxylic acids is 1. The minimum Gasteiger partial charge on any atom is -0.369 e. The van der Waals surface area contributed by atoms with Crippen molar-refractivity contribution in [3.63, 3.8) is 0 Å². The van der Waals surface area contributed by atoms with E-state index >= 15 is 0 Å². The molecule has 0 unspecified atom stereocenters. The molecule has 6 nitrogen and oxygen atoms in total. The molecule has 3 N–H and O–H groups in total. The summed E-state index contributed by atoms with van der Waals surface area (Å²) in [4.78, 5) is 18.1. The largest absolute Gasteiger partial charge is 0.369 e. The minimum absolute atomic E-state index is 0.0706. The number of carbonyl (C=O) groups is 1. The Kier molecular flexibility index (Phi) is 4.79. The van der Waals surface area contributed by atoms with Crippen molar-refractivity contribution in [1.82, 2.24) is 10.4 Å². The average Bonchev–Trinajstić information content (AvgIpc) is 2.43. The standard InChI is InChI=1S/C14H23N5O/c1-10-13(19-7-5-4-6-8-19)12(17-11(2)20)9-16-14(10)18-15-3/h9,15H,4-8H2,1-3H3,(H,16,18)(H,17,20). The molecule has 0 bridgehead atoms. The summed E-state index contributed by atoms with van der Waals surface area (Å²) < 4.78 is 0. The van der Waals surface area contributed by atoms with Crippen molar-refractivity contribution in [3.05, 3.63) is 11.8 Å². The van der Waals surface area contributed by atoms with Crippen LogP contribution < -0.4 is 21.1 Å². The summed E-state index contributed by atoms with van der Waals surface area (Å²) in [6.45, 7) is 5.60. The average molecular weight is 277 g/mol. The molecule has 0 spiro atoms. The van der Waals surface area contributed by atoms with Crippen LogP contribution in [-0.4, -0.2) is 31.0 Å². The van der Waals surface area contributed by atoms with Crippen LogP contribution in [0, 0.1) is 6.92 Å². The van der Waals surface area contributed by atoms with Crippen LogP contribution in [0.15, 0.2) is 6.20 Å². The van der Waals surface area contributed by atoms with E-state index in [1.165, 1.54) is 26.2 Å². The number of hydrogen-bond acceptors (Lipinski definition) is 5. The van der Waals surface area contributed by atoms with Crippen molar-refractivity contribution in [1.29, 1.82) is 0 Å². The normalized spacial score (nSPS) is 15.1. The van der Waals surface area contributed by atoms with Gasteiger partial charge in [-0.15, -0.1) is 0 Å². The maximum absolute atomic E-state index is 11.4. The molecule has 20 heavy (non-hydrogen) atoms. The molecule has 2 heterocycles. The first-order valence-corrected chi connectivity index (χ1v) is 7.08. The number of pyridine rings is 1. The topological polar surface area (TPSA) is 69.3 Å². The molecule has 1 aliphatic heterocycles. The molecular formula is C14H23N5O. The lowest BCUT2D eigenvalue weighted by Crippen LogP contribution is -2.31. The van der Waals surface area contributed by atoms with Crippen molar-refractivity contribution in [2.24, 2.45) is 0 Å². The van der Waals surface area contributed by atoms with Gasteiger partial charge in [0.05, 0.1) is 17.6 Å². The highest BCUT2D eigenvalue weighted by Gasteiger charge is 2.20. The minimum atomic E-state index is -0.0706. The number of hydrogen-bond donors (Lipinski definition) is 3. The third kappa shape index (κ3) is 3.19. The van der Waals surface area contributed by atoms with Crippen molar-refractivity contribution in [2.75, 3.05) is 35.8 Å². The fourth-order valence-corrected chi connectivity index (χ4v) is 2.65. The lowest BCUT2D eigenvalue weighted by molar-refractivity contribution is -0.114. The van der Waals surface area contributed by atoms with E-state index in [-0.39, 0.29) is 5.91 Å². The zero-order valence-electron chi connectivity index (χ0n) is 12.4. The second kappa shape index (κ2) is 6.56. The van der Waals surface area contributed by atoms with Crippen LogP contribution in [0.4, 0.5) is 17.2 Å². The summed E-state index contributed by atoms with van der Waals surface area (Å²) in [5, 5.41) is 2.89. The van der Waals surface area contributed by atoms with Crippen LogP contribution in [0.3, 0.4) is 0 Å². The van der Waals surface area contributed by atoms with Crippen molar-refractivity contribution in [3.8, 4) is 0 Å². The Morgan fingerprint density at radius 3 is 2.60 bits per heavy atom. The van der Waals surface area contributed by atoms with Gasteiger partial charge in [0.1, 0.15) is 5.82 Å². The summed E-state index contributed by atoms with van der Waals surface area (Å²) >= 11 is 0. The van der Waals surface area contributed by atoms with Crippen molar-refractivity contribution < 1.29 is 4.79 Å². The van der Waals surface area contributed by atoms with E-state index < -0.39 is 0 Å². The molecule has 1 aromatic rings. The summed E-state index contributed by atoms with van der Waals surface area (Å²) in [6, 6.07) is 0. The van der Waals surface area contributed by atoms with Crippen LogP contribution in [0.2, 0.25) is 0 Å². The zero-order chi connectivity index (χ0) is 14.5. The Bertz CT molecular complexity index is 483. The van der Waals surface area contributed by atoms with Gasteiger partial charge in [-0.1, -0.05) is 0 Å². The molecule has 0 aliphatic carbocycles. The Morgan fingerprint density at radius 2 is 2.00 bits per heavy atom. The number of amides is 1. The van der Waals surface area contributed by atoms with E-state index in [9.17, 15) is 4.79 Å². The fraction of sp³-hybridized carbons (Fsp3) is 0.571. The smallest absolute Gasteiger partial charge is 0.221 e. The first-order valence-electron chi connectivity index (χ1n) is 7.08. The molecule has 1 aliphatic rings. The molecule has 0 saturated carbocycles. The van der Waals surface area contributed by atoms with Crippen molar-refractivity contribution >= 4 is 23.1 Å². The number of piperidine rings is 1. The van der Waals surface area contributed by atoms with Gasteiger partial charge >= 0.3 is 0 Å². The number of rotatable bonds is 4. The predicted octanol–water partition coefficient (Wildman–Crippen LogP) is 1.89. The van der Waals surface area contributed by atoms with Gasteiger partial charge in [0.2, 0.25) is 5.91 Å². The highest BCUT2D eigenvalue weighted by atomic mass is 16.1. The lowest BCUT2D eigenvalue weighted by Gasteiger charge is -2.32. The number of hydrazine groups is 1. The maximum atomic E-state index is 11.4. The molecule has 0 aromatic carbocycles. The number of nitrogens with zero attached hydrogens (tertiary/aromatic N) is 2. The van der Waals surface area contributed by atoms with Gasteiger partial charge in [0.15, 0.2) is 0 Å². The maximum Gasteiger partial charge on any atom is 0.221 e. The molecule has 0 atom stereocenters. The molecule has 1 saturated heterocycles. The van der Waals surface area contributed by atoms with E-state index in [1.807, 2.05) is 14.0 Å². The van der Waals surface area contributed by atoms with E-state index in [2.05, 4.69) is 26.1 Å². The highest BCUT2D eigenvalue weighted by molar-refractivity contribution is 5.94. The molecule has 110 valence electrons. The van der Waals surface area contributed by atoms with Gasteiger partial charge in [0, 0.05) is 32.6 Å². The van der Waals surface area contributed by atoms with E-state index in [4.69, 9.17) is 0 Å². The fourth-order valence-electron chi connectivity index (χ4n) is 2.65. The molecule has 1 aromatic heterocycles. The van der Waals surface area contributed by atoms with E-state index in [1.54, 1.807) is 6.20 Å². The Balaban J connectivity index is 2.40. The summed E-state index contributed by atoms with van der Waals surface area (Å²) in [5.41, 5.74) is 8.85. The summed E-state index contributed by atoms with van der Waals surface area (Å²) in [6.07, 6.45) is 5.38. The second-order valence-electron chi connectivity index (χ2n) is 5.10. The Labute approximate surface area is 119 Å². The number of anilines is 3. The SMILES string of the molecule is CNNc1ncc(NC(C)=O)c(N2CCCCC2)c1C. The third-order valence-electron chi connectivity index (χ3n) is 3.51. The van der Waals surface area contributed by atoms with Gasteiger partial charge in [-0.25, -0.2) is 10.4 Å². The molecule has 6 heteroatoms. The summed E-state index contributed by atoms with van der Waals surface area (Å²) in [7, 11) is 1.81. The molecule has 2 rings (SSSR count). The van der Waals surface area contributed by atoms with Crippen LogP contribution in [0.5, 0.6) is 0 Å². The molecule has 0 radical (unpaired) electrons. The van der Waals surface area contributed by atoms with E-state index in [0.29, 0.717) is 0 Å². The first kappa shape index (κ1) is 14.6. The van der Waals surface area contributed by atoms with Gasteiger partial charge in [-0.2, -0.15) is 0 Å². The highest BCUT2D eigenvalue weighted by Crippen LogP contribution is 2.34. The molecule has 1 fully saturated rings. The zero-order valence-corrected chi connectivity index (χ0v) is 12.4. The van der Waals surface area contributed by atoms with Crippen LogP contribution in [0.1, 0.15) is 31.7 Å². The number of nitrogens with one attached hydrogen (secondary N) is 3. The van der Waals surface area contributed by atoms with Gasteiger partial charge in [0.25, 0.3) is 0 Å². The van der Waals surface area contributed by atoms with Gasteiger partial charge < -0.3 is 15.6 Å². The van der Waals surface area contributed by atoms with Crippen molar-refractivity contribution in [2.45, 2.75) is 33.1 Å². The van der Waals surface area contributed by atoms with Crippen LogP contribution in [0.25, 0.3) is 0 Å². The monoisotopic (exact) mass is 277 g/mol. The predicted molar refractivity (Wildman–Crippen MR) is 82.0 cm³/mol. The van der Waals surface area contributed by atoms with Gasteiger partial charge in [-0.3, -0.25) is 4.79 Å². The van der Waals surface area contributed by atoms with Crippen LogP contribution in [-0.2, 0) is 4.79 Å². The van der Waals surface area contributed by atoms with E-state index in [0.717, 1.165) is 35.8 Å². The Morgan fingerprint density at radius 1 is 1.30 bits per heavy atom. The van der Waals surface area contributed by atoms with Crippen LogP contribution >= 0.6 is 0 Å². The molecule has 1 amide bonds. The molecular weight excluding hydrogens is 254 g/mol. The lowest BCUT2D eigenvalue weighted by atomic mass is 10.1. The van der Waals surface area contributed by atoms with Gasteiger partial charge in [-0.05, 0) is 26.2 Å². The Hall–Kier alpha value is -1.82. The quantitative estimate of drug-likeness (QED) is 0.733. The summed E-state index contributed by atoms with van der Waals surface area (Å²) in [5.74, 6) is 0.723. The number of aromatic nitrogens is 1. The first-order chi connectivity index (χ1) is 9.63. The third-order valence-corrected chi connectivity index (χ3v) is 3.51. The second-order valence-corrected chi connectivity index (χ2v) is 5.10.